The van der Waals surface area contributed by atoms with Crippen LogP contribution < -0.4 is 0 Å². The van der Waals surface area contributed by atoms with Crippen molar-refractivity contribution in [1.29, 1.82) is 0 Å². The van der Waals surface area contributed by atoms with Crippen molar-refractivity contribution in [3.8, 4) is 0 Å². The average Bonchev–Trinajstić information content (AvgIpc) is 2.05. The second-order valence-electron chi connectivity index (χ2n) is 4.20. The first-order chi connectivity index (χ1) is 5.66. The van der Waals surface area contributed by atoms with Gasteiger partial charge in [0.05, 0.1) is 5.60 Å². The van der Waals surface area contributed by atoms with Crippen molar-refractivity contribution in [3.63, 3.8) is 0 Å². The van der Waals surface area contributed by atoms with Crippen LogP contribution in [0.5, 0.6) is 0 Å². The highest BCUT2D eigenvalue weighted by Gasteiger charge is 2.29. The van der Waals surface area contributed by atoms with Crippen molar-refractivity contribution in [3.05, 3.63) is 12.7 Å². The molecule has 1 heteroatoms. The highest BCUT2D eigenvalue weighted by molar-refractivity contribution is 4.88. The summed E-state index contributed by atoms with van der Waals surface area (Å²) in [6, 6.07) is 0. The van der Waals surface area contributed by atoms with Crippen LogP contribution in [0, 0.1) is 5.92 Å². The van der Waals surface area contributed by atoms with E-state index in [1.807, 2.05) is 6.08 Å². The van der Waals surface area contributed by atoms with E-state index in [9.17, 15) is 5.11 Å². The van der Waals surface area contributed by atoms with E-state index in [-0.39, 0.29) is 5.60 Å². The van der Waals surface area contributed by atoms with Gasteiger partial charge >= 0.3 is 0 Å². The Morgan fingerprint density at radius 2 is 2.00 bits per heavy atom. The van der Waals surface area contributed by atoms with E-state index in [1.54, 1.807) is 0 Å². The lowest BCUT2D eigenvalue weighted by atomic mass is 9.79. The highest BCUT2D eigenvalue weighted by Crippen LogP contribution is 2.33. The van der Waals surface area contributed by atoms with E-state index in [1.165, 1.54) is 19.3 Å². The van der Waals surface area contributed by atoms with Crippen molar-refractivity contribution in [2.45, 2.75) is 51.0 Å². The van der Waals surface area contributed by atoms with E-state index in [0.717, 1.165) is 19.3 Å². The second kappa shape index (κ2) is 4.08. The number of hydrogen-bond acceptors (Lipinski definition) is 1. The Bertz CT molecular complexity index is 145. The minimum Gasteiger partial charge on any atom is -0.390 e. The zero-order chi connectivity index (χ0) is 9.03. The fraction of sp³-hybridized carbons (Fsp3) is 0.818. The minimum atomic E-state index is -0.369. The molecule has 0 aromatic rings. The van der Waals surface area contributed by atoms with Crippen LogP contribution >= 0.6 is 0 Å². The molecule has 0 aliphatic heterocycles. The minimum absolute atomic E-state index is 0.369. The van der Waals surface area contributed by atoms with Gasteiger partial charge in [-0.1, -0.05) is 32.3 Å². The molecule has 1 N–H and O–H groups in total. The van der Waals surface area contributed by atoms with Gasteiger partial charge in [0.15, 0.2) is 0 Å². The standard InChI is InChI=1S/C11H20O/c1-3-10(2)9-11(12)7-5-4-6-8-11/h3,10,12H,1,4-9H2,2H3. The van der Waals surface area contributed by atoms with Crippen molar-refractivity contribution in [2.24, 2.45) is 5.92 Å². The number of rotatable bonds is 3. The van der Waals surface area contributed by atoms with Crippen LogP contribution in [-0.4, -0.2) is 10.7 Å². The largest absolute Gasteiger partial charge is 0.390 e. The van der Waals surface area contributed by atoms with Crippen LogP contribution in [0.4, 0.5) is 0 Å². The summed E-state index contributed by atoms with van der Waals surface area (Å²) in [6.07, 6.45) is 8.50. The van der Waals surface area contributed by atoms with Gasteiger partial charge in [0.25, 0.3) is 0 Å². The van der Waals surface area contributed by atoms with Gasteiger partial charge in [-0.2, -0.15) is 0 Å². The molecule has 1 rings (SSSR count). The fourth-order valence-corrected chi connectivity index (χ4v) is 2.10. The lowest BCUT2D eigenvalue weighted by Gasteiger charge is -2.33. The first-order valence-electron chi connectivity index (χ1n) is 5.01. The van der Waals surface area contributed by atoms with Gasteiger partial charge in [-0.05, 0) is 25.2 Å². The summed E-state index contributed by atoms with van der Waals surface area (Å²) >= 11 is 0. The Labute approximate surface area is 75.5 Å². The summed E-state index contributed by atoms with van der Waals surface area (Å²) in [7, 11) is 0. The number of hydrogen-bond donors (Lipinski definition) is 1. The molecule has 0 heterocycles. The Balaban J connectivity index is 2.40. The molecule has 70 valence electrons. The highest BCUT2D eigenvalue weighted by atomic mass is 16.3. The predicted molar refractivity (Wildman–Crippen MR) is 52.0 cm³/mol. The first-order valence-corrected chi connectivity index (χ1v) is 5.01. The molecule has 0 radical (unpaired) electrons. The Kier molecular flexibility index (Phi) is 3.33. The van der Waals surface area contributed by atoms with E-state index in [0.29, 0.717) is 5.92 Å². The van der Waals surface area contributed by atoms with Crippen molar-refractivity contribution < 1.29 is 5.11 Å². The number of aliphatic hydroxyl groups is 1. The molecule has 0 aromatic carbocycles. The summed E-state index contributed by atoms with van der Waals surface area (Å²) in [5, 5.41) is 10.1. The first kappa shape index (κ1) is 9.79. The molecule has 1 unspecified atom stereocenters. The zero-order valence-electron chi connectivity index (χ0n) is 8.05. The van der Waals surface area contributed by atoms with Crippen LogP contribution in [0.1, 0.15) is 45.4 Å². The van der Waals surface area contributed by atoms with Gasteiger partial charge in [0, 0.05) is 0 Å². The van der Waals surface area contributed by atoms with Crippen molar-refractivity contribution in [2.75, 3.05) is 0 Å². The Morgan fingerprint density at radius 1 is 1.42 bits per heavy atom. The lowest BCUT2D eigenvalue weighted by Crippen LogP contribution is -2.32. The average molecular weight is 168 g/mol. The molecule has 1 aliphatic carbocycles. The maximum absolute atomic E-state index is 10.1. The third-order valence-corrected chi connectivity index (χ3v) is 2.89. The topological polar surface area (TPSA) is 20.2 Å². The maximum Gasteiger partial charge on any atom is 0.0653 e. The summed E-state index contributed by atoms with van der Waals surface area (Å²) in [5.74, 6) is 0.452. The van der Waals surface area contributed by atoms with Gasteiger partial charge in [-0.25, -0.2) is 0 Å². The molecule has 0 spiro atoms. The van der Waals surface area contributed by atoms with Gasteiger partial charge in [-0.15, -0.1) is 6.58 Å². The Morgan fingerprint density at radius 3 is 2.50 bits per heavy atom. The summed E-state index contributed by atoms with van der Waals surface area (Å²) in [6.45, 7) is 5.87. The van der Waals surface area contributed by atoms with Crippen LogP contribution in [0.25, 0.3) is 0 Å². The van der Waals surface area contributed by atoms with Crippen molar-refractivity contribution >= 4 is 0 Å². The smallest absolute Gasteiger partial charge is 0.0653 e. The molecule has 1 nitrogen and oxygen atoms in total. The molecule has 0 bridgehead atoms. The molecule has 0 saturated heterocycles. The van der Waals surface area contributed by atoms with Crippen molar-refractivity contribution in [1.82, 2.24) is 0 Å². The van der Waals surface area contributed by atoms with Crippen LogP contribution in [0.15, 0.2) is 12.7 Å². The SMILES string of the molecule is C=CC(C)CC1(O)CCCCC1. The van der Waals surface area contributed by atoms with E-state index >= 15 is 0 Å². The summed E-state index contributed by atoms with van der Waals surface area (Å²) in [5.41, 5.74) is -0.369. The normalized spacial score (nSPS) is 24.8. The quantitative estimate of drug-likeness (QED) is 0.642. The van der Waals surface area contributed by atoms with Gasteiger partial charge < -0.3 is 5.11 Å². The number of allylic oxidation sites excluding steroid dienone is 1. The third kappa shape index (κ3) is 2.63. The fourth-order valence-electron chi connectivity index (χ4n) is 2.10. The zero-order valence-corrected chi connectivity index (χ0v) is 8.05. The molecule has 1 fully saturated rings. The summed E-state index contributed by atoms with van der Waals surface area (Å²) < 4.78 is 0. The van der Waals surface area contributed by atoms with Crippen LogP contribution in [-0.2, 0) is 0 Å². The van der Waals surface area contributed by atoms with Crippen LogP contribution in [0.2, 0.25) is 0 Å². The van der Waals surface area contributed by atoms with E-state index in [4.69, 9.17) is 0 Å². The molecule has 1 atom stereocenters. The van der Waals surface area contributed by atoms with Gasteiger partial charge in [0.1, 0.15) is 0 Å². The second-order valence-corrected chi connectivity index (χ2v) is 4.20. The lowest BCUT2D eigenvalue weighted by molar-refractivity contribution is -0.0113. The molecule has 1 aliphatic rings. The molecular weight excluding hydrogens is 148 g/mol. The van der Waals surface area contributed by atoms with Gasteiger partial charge in [-0.3, -0.25) is 0 Å². The third-order valence-electron chi connectivity index (χ3n) is 2.89. The predicted octanol–water partition coefficient (Wildman–Crippen LogP) is 2.89. The van der Waals surface area contributed by atoms with E-state index < -0.39 is 0 Å². The molecule has 1 saturated carbocycles. The van der Waals surface area contributed by atoms with E-state index in [2.05, 4.69) is 13.5 Å². The van der Waals surface area contributed by atoms with Crippen LogP contribution in [0.3, 0.4) is 0 Å². The van der Waals surface area contributed by atoms with Gasteiger partial charge in [0.2, 0.25) is 0 Å². The molecule has 0 amide bonds. The monoisotopic (exact) mass is 168 g/mol. The molecule has 12 heavy (non-hydrogen) atoms. The Hall–Kier alpha value is -0.300. The molecular formula is C11H20O. The maximum atomic E-state index is 10.1. The molecule has 0 aromatic heterocycles. The summed E-state index contributed by atoms with van der Waals surface area (Å²) in [4.78, 5) is 0.